The van der Waals surface area contributed by atoms with Crippen molar-refractivity contribution in [3.63, 3.8) is 0 Å². The molecule has 1 fully saturated rings. The summed E-state index contributed by atoms with van der Waals surface area (Å²) < 4.78 is 0. The zero-order valence-electron chi connectivity index (χ0n) is 16.1. The molecule has 2 heterocycles. The largest absolute Gasteiger partial charge is 0.357 e. The average molecular weight is 480 g/mol. The van der Waals surface area contributed by atoms with E-state index in [4.69, 9.17) is 4.99 Å². The zero-order chi connectivity index (χ0) is 18.2. The number of hydrogen-bond donors (Lipinski definition) is 1. The van der Waals surface area contributed by atoms with Gasteiger partial charge in [0.2, 0.25) is 5.95 Å². The van der Waals surface area contributed by atoms with Crippen LogP contribution in [0.15, 0.2) is 47.7 Å². The average Bonchev–Trinajstić information content (AvgIpc) is 2.68. The summed E-state index contributed by atoms with van der Waals surface area (Å²) >= 11 is 0. The Labute approximate surface area is 179 Å². The fraction of sp³-hybridized carbons (Fsp3) is 0.450. The molecule has 0 spiro atoms. The molecule has 1 aromatic carbocycles. The third kappa shape index (κ3) is 6.34. The van der Waals surface area contributed by atoms with Crippen LogP contribution in [0.5, 0.6) is 0 Å². The van der Waals surface area contributed by atoms with E-state index in [1.165, 1.54) is 11.1 Å². The van der Waals surface area contributed by atoms with Gasteiger partial charge in [-0.05, 0) is 31.9 Å². The van der Waals surface area contributed by atoms with E-state index >= 15 is 0 Å². The summed E-state index contributed by atoms with van der Waals surface area (Å²) in [5.41, 5.74) is 2.65. The predicted octanol–water partition coefficient (Wildman–Crippen LogP) is 2.73. The van der Waals surface area contributed by atoms with Gasteiger partial charge < -0.3 is 15.1 Å². The molecule has 0 amide bonds. The fourth-order valence-corrected chi connectivity index (χ4v) is 3.16. The van der Waals surface area contributed by atoms with Crippen molar-refractivity contribution in [3.8, 4) is 0 Å². The lowest BCUT2D eigenvalue weighted by Gasteiger charge is -2.36. The zero-order valence-corrected chi connectivity index (χ0v) is 18.5. The Kier molecular flexibility index (Phi) is 8.77. The van der Waals surface area contributed by atoms with Gasteiger partial charge >= 0.3 is 0 Å². The number of nitrogens with zero attached hydrogens (tertiary/aromatic N) is 5. The van der Waals surface area contributed by atoms with Gasteiger partial charge in [0, 0.05) is 51.7 Å². The number of aromatic nitrogens is 2. The second-order valence-corrected chi connectivity index (χ2v) is 6.50. The number of benzene rings is 1. The van der Waals surface area contributed by atoms with E-state index < -0.39 is 0 Å². The van der Waals surface area contributed by atoms with Crippen LogP contribution in [-0.4, -0.2) is 60.1 Å². The van der Waals surface area contributed by atoms with E-state index in [9.17, 15) is 0 Å². The number of nitrogens with one attached hydrogen (secondary N) is 1. The normalized spacial score (nSPS) is 14.7. The van der Waals surface area contributed by atoms with Crippen molar-refractivity contribution in [2.24, 2.45) is 4.99 Å². The maximum absolute atomic E-state index is 4.84. The highest BCUT2D eigenvalue weighted by atomic mass is 127. The van der Waals surface area contributed by atoms with Crippen LogP contribution in [0.2, 0.25) is 0 Å². The third-order valence-corrected chi connectivity index (χ3v) is 4.49. The molecular weight excluding hydrogens is 451 g/mol. The van der Waals surface area contributed by atoms with E-state index in [-0.39, 0.29) is 24.0 Å². The maximum Gasteiger partial charge on any atom is 0.225 e. The molecule has 0 saturated carbocycles. The number of aryl methyl sites for hydroxylation is 1. The number of guanidine groups is 1. The lowest BCUT2D eigenvalue weighted by Crippen LogP contribution is -2.53. The molecule has 0 atom stereocenters. The Hall–Kier alpha value is -1.90. The van der Waals surface area contributed by atoms with Gasteiger partial charge in [0.1, 0.15) is 0 Å². The second kappa shape index (κ2) is 11.1. The van der Waals surface area contributed by atoms with Crippen molar-refractivity contribution in [2.75, 3.05) is 44.2 Å². The van der Waals surface area contributed by atoms with Gasteiger partial charge in [-0.25, -0.2) is 9.97 Å². The summed E-state index contributed by atoms with van der Waals surface area (Å²) in [5, 5.41) is 3.43. The minimum atomic E-state index is 0. The monoisotopic (exact) mass is 480 g/mol. The van der Waals surface area contributed by atoms with E-state index in [2.05, 4.69) is 63.2 Å². The van der Waals surface area contributed by atoms with Gasteiger partial charge in [-0.1, -0.05) is 29.8 Å². The topological polar surface area (TPSA) is 56.7 Å². The molecule has 1 aliphatic heterocycles. The Balaban J connectivity index is 0.00000261. The second-order valence-electron chi connectivity index (χ2n) is 6.50. The third-order valence-electron chi connectivity index (χ3n) is 4.49. The highest BCUT2D eigenvalue weighted by molar-refractivity contribution is 14.0. The number of piperazine rings is 1. The summed E-state index contributed by atoms with van der Waals surface area (Å²) in [6, 6.07) is 10.5. The highest BCUT2D eigenvalue weighted by Gasteiger charge is 2.20. The van der Waals surface area contributed by atoms with Crippen LogP contribution >= 0.6 is 24.0 Å². The predicted molar refractivity (Wildman–Crippen MR) is 122 cm³/mol. The Morgan fingerprint density at radius 1 is 1.11 bits per heavy atom. The molecule has 6 nitrogen and oxygen atoms in total. The lowest BCUT2D eigenvalue weighted by atomic mass is 10.1. The van der Waals surface area contributed by atoms with E-state index in [1.807, 2.05) is 6.07 Å². The van der Waals surface area contributed by atoms with Crippen molar-refractivity contribution in [1.82, 2.24) is 20.2 Å². The summed E-state index contributed by atoms with van der Waals surface area (Å²) in [6.07, 6.45) is 4.56. The molecule has 0 unspecified atom stereocenters. The molecule has 3 rings (SSSR count). The molecule has 1 aliphatic rings. The summed E-state index contributed by atoms with van der Waals surface area (Å²) in [5.74, 6) is 1.82. The number of anilines is 1. The molecule has 0 aliphatic carbocycles. The van der Waals surface area contributed by atoms with Crippen molar-refractivity contribution in [3.05, 3.63) is 53.9 Å². The molecule has 1 saturated heterocycles. The van der Waals surface area contributed by atoms with E-state index in [0.29, 0.717) is 0 Å². The van der Waals surface area contributed by atoms with Gasteiger partial charge in [0.15, 0.2) is 5.96 Å². The molecule has 0 bridgehead atoms. The van der Waals surface area contributed by atoms with Crippen LogP contribution in [0, 0.1) is 6.92 Å². The van der Waals surface area contributed by atoms with Crippen LogP contribution in [-0.2, 0) is 6.42 Å². The SMILES string of the molecule is CCNC(=NCCc1cccc(C)c1)N1CCN(c2ncccn2)CC1.I. The minimum Gasteiger partial charge on any atom is -0.357 e. The van der Waals surface area contributed by atoms with Gasteiger partial charge in [0.05, 0.1) is 0 Å². The molecule has 146 valence electrons. The highest BCUT2D eigenvalue weighted by Crippen LogP contribution is 2.10. The molecule has 1 aromatic heterocycles. The molecule has 27 heavy (non-hydrogen) atoms. The van der Waals surface area contributed by atoms with Gasteiger partial charge in [0.25, 0.3) is 0 Å². The maximum atomic E-state index is 4.84. The number of hydrogen-bond acceptors (Lipinski definition) is 4. The van der Waals surface area contributed by atoms with Crippen LogP contribution in [0.3, 0.4) is 0 Å². The minimum absolute atomic E-state index is 0. The first kappa shape index (κ1) is 21.4. The fourth-order valence-electron chi connectivity index (χ4n) is 3.16. The molecule has 0 radical (unpaired) electrons. The Bertz CT molecular complexity index is 713. The Morgan fingerprint density at radius 2 is 1.85 bits per heavy atom. The quantitative estimate of drug-likeness (QED) is 0.405. The van der Waals surface area contributed by atoms with Crippen molar-refractivity contribution in [2.45, 2.75) is 20.3 Å². The summed E-state index contributed by atoms with van der Waals surface area (Å²) in [4.78, 5) is 18.1. The van der Waals surface area contributed by atoms with Crippen LogP contribution in [0.25, 0.3) is 0 Å². The van der Waals surface area contributed by atoms with Crippen molar-refractivity contribution < 1.29 is 0 Å². The van der Waals surface area contributed by atoms with Crippen LogP contribution in [0.4, 0.5) is 5.95 Å². The van der Waals surface area contributed by atoms with Crippen molar-refractivity contribution >= 4 is 35.9 Å². The number of rotatable bonds is 5. The Morgan fingerprint density at radius 3 is 2.52 bits per heavy atom. The van der Waals surface area contributed by atoms with E-state index in [0.717, 1.165) is 57.6 Å². The molecule has 7 heteroatoms. The molecular formula is C20H29IN6. The smallest absolute Gasteiger partial charge is 0.225 e. The van der Waals surface area contributed by atoms with Crippen LogP contribution in [0.1, 0.15) is 18.1 Å². The van der Waals surface area contributed by atoms with Crippen molar-refractivity contribution in [1.29, 1.82) is 0 Å². The van der Waals surface area contributed by atoms with Gasteiger partial charge in [-0.3, -0.25) is 4.99 Å². The number of halogens is 1. The number of aliphatic imine (C=N–C) groups is 1. The standard InChI is InChI=1S/C20H28N6.HI/c1-3-21-19(24-11-8-18-7-4-6-17(2)16-18)25-12-14-26(15-13-25)20-22-9-5-10-23-20;/h4-7,9-10,16H,3,8,11-15H2,1-2H3,(H,21,24);1H. The first-order chi connectivity index (χ1) is 12.8. The first-order valence-corrected chi connectivity index (χ1v) is 9.37. The van der Waals surface area contributed by atoms with Gasteiger partial charge in [-0.2, -0.15) is 0 Å². The van der Waals surface area contributed by atoms with E-state index in [1.54, 1.807) is 12.4 Å². The van der Waals surface area contributed by atoms with Crippen LogP contribution < -0.4 is 10.2 Å². The summed E-state index contributed by atoms with van der Waals surface area (Å²) in [6.45, 7) is 9.59. The first-order valence-electron chi connectivity index (χ1n) is 9.37. The molecule has 1 N–H and O–H groups in total. The lowest BCUT2D eigenvalue weighted by molar-refractivity contribution is 0.370. The summed E-state index contributed by atoms with van der Waals surface area (Å²) in [7, 11) is 0. The molecule has 2 aromatic rings. The van der Waals surface area contributed by atoms with Gasteiger partial charge in [-0.15, -0.1) is 24.0 Å².